The van der Waals surface area contributed by atoms with Gasteiger partial charge in [-0.15, -0.1) is 0 Å². The summed E-state index contributed by atoms with van der Waals surface area (Å²) in [7, 11) is 0. The minimum Gasteiger partial charge on any atom is -0.481 e. The second-order valence-electron chi connectivity index (χ2n) is 5.39. The van der Waals surface area contributed by atoms with Crippen LogP contribution < -0.4 is 0 Å². The molecule has 3 nitrogen and oxygen atoms in total. The van der Waals surface area contributed by atoms with Crippen LogP contribution in [0.5, 0.6) is 0 Å². The molecule has 0 aliphatic carbocycles. The highest BCUT2D eigenvalue weighted by Gasteiger charge is 2.22. The van der Waals surface area contributed by atoms with E-state index in [-0.39, 0.29) is 17.9 Å². The van der Waals surface area contributed by atoms with Gasteiger partial charge in [-0.1, -0.05) is 18.2 Å². The zero-order chi connectivity index (χ0) is 14.5. The maximum atomic E-state index is 12.7. The van der Waals surface area contributed by atoms with E-state index in [4.69, 9.17) is 5.11 Å². The Morgan fingerprint density at radius 2 is 2.25 bits per heavy atom. The highest BCUT2D eigenvalue weighted by Crippen LogP contribution is 2.23. The van der Waals surface area contributed by atoms with Crippen LogP contribution in [0, 0.1) is 5.92 Å². The van der Waals surface area contributed by atoms with Crippen LogP contribution in [0.25, 0.3) is 0 Å². The van der Waals surface area contributed by atoms with Gasteiger partial charge in [0.15, 0.2) is 0 Å². The van der Waals surface area contributed by atoms with Crippen LogP contribution in [0.15, 0.2) is 24.3 Å². The highest BCUT2D eigenvalue weighted by molar-refractivity contribution is 5.67. The third-order valence-electron chi connectivity index (χ3n) is 3.68. The van der Waals surface area contributed by atoms with Crippen LogP contribution in [0.2, 0.25) is 0 Å². The first-order chi connectivity index (χ1) is 9.54. The lowest BCUT2D eigenvalue weighted by Gasteiger charge is -2.32. The van der Waals surface area contributed by atoms with Crippen molar-refractivity contribution >= 4 is 5.97 Å². The second kappa shape index (κ2) is 6.79. The number of piperidine rings is 1. The molecule has 1 aliphatic rings. The van der Waals surface area contributed by atoms with Gasteiger partial charge in [0.1, 0.15) is 0 Å². The molecule has 110 valence electrons. The first-order valence-electron chi connectivity index (χ1n) is 6.85. The summed E-state index contributed by atoms with van der Waals surface area (Å²) < 4.78 is 25.3. The molecule has 1 aromatic carbocycles. The van der Waals surface area contributed by atoms with Crippen LogP contribution in [-0.4, -0.2) is 29.1 Å². The van der Waals surface area contributed by atoms with Crippen molar-refractivity contribution < 1.29 is 18.7 Å². The largest absolute Gasteiger partial charge is 0.481 e. The van der Waals surface area contributed by atoms with Crippen LogP contribution in [0.1, 0.15) is 36.8 Å². The van der Waals surface area contributed by atoms with E-state index in [1.165, 1.54) is 12.1 Å². The summed E-state index contributed by atoms with van der Waals surface area (Å²) >= 11 is 0. The predicted molar refractivity (Wildman–Crippen MR) is 71.7 cm³/mol. The number of carboxylic acids is 1. The average Bonchev–Trinajstić information content (AvgIpc) is 2.38. The summed E-state index contributed by atoms with van der Waals surface area (Å²) in [6.45, 7) is 2.23. The van der Waals surface area contributed by atoms with E-state index in [9.17, 15) is 13.6 Å². The maximum absolute atomic E-state index is 12.7. The number of carbonyl (C=O) groups is 1. The fraction of sp³-hybridized carbons (Fsp3) is 0.533. The minimum absolute atomic E-state index is 0.0431. The van der Waals surface area contributed by atoms with Crippen molar-refractivity contribution in [2.45, 2.75) is 32.2 Å². The van der Waals surface area contributed by atoms with Gasteiger partial charge < -0.3 is 5.11 Å². The van der Waals surface area contributed by atoms with E-state index in [0.717, 1.165) is 31.5 Å². The lowest BCUT2D eigenvalue weighted by atomic mass is 9.94. The Morgan fingerprint density at radius 1 is 1.45 bits per heavy atom. The van der Waals surface area contributed by atoms with E-state index in [1.54, 1.807) is 6.07 Å². The topological polar surface area (TPSA) is 40.5 Å². The Morgan fingerprint density at radius 3 is 2.95 bits per heavy atom. The van der Waals surface area contributed by atoms with Crippen LogP contribution in [0.4, 0.5) is 8.78 Å². The summed E-state index contributed by atoms with van der Waals surface area (Å²) in [4.78, 5) is 12.9. The zero-order valence-electron chi connectivity index (χ0n) is 11.3. The fourth-order valence-electron chi connectivity index (χ4n) is 2.79. The second-order valence-corrected chi connectivity index (χ2v) is 5.39. The number of hydrogen-bond donors (Lipinski definition) is 1. The number of benzene rings is 1. The smallest absolute Gasteiger partial charge is 0.303 e. The van der Waals surface area contributed by atoms with Crippen LogP contribution in [-0.2, 0) is 11.3 Å². The van der Waals surface area contributed by atoms with Gasteiger partial charge in [-0.3, -0.25) is 9.69 Å². The molecule has 1 aliphatic heterocycles. The Labute approximate surface area is 117 Å². The molecule has 1 heterocycles. The van der Waals surface area contributed by atoms with Crippen molar-refractivity contribution in [3.63, 3.8) is 0 Å². The highest BCUT2D eigenvalue weighted by atomic mass is 19.3. The Balaban J connectivity index is 1.95. The number of aliphatic carboxylic acids is 1. The summed E-state index contributed by atoms with van der Waals surface area (Å²) in [5.74, 6) is -0.601. The molecule has 2 rings (SSSR count). The molecule has 20 heavy (non-hydrogen) atoms. The third kappa shape index (κ3) is 4.27. The molecule has 0 spiro atoms. The summed E-state index contributed by atoms with van der Waals surface area (Å²) in [5.41, 5.74) is 0.903. The molecule has 1 atom stereocenters. The molecule has 1 aromatic rings. The normalized spacial score (nSPS) is 20.2. The van der Waals surface area contributed by atoms with Gasteiger partial charge in [0.2, 0.25) is 0 Å². The quantitative estimate of drug-likeness (QED) is 0.901. The molecule has 0 amide bonds. The summed E-state index contributed by atoms with van der Waals surface area (Å²) in [5, 5.41) is 8.84. The lowest BCUT2D eigenvalue weighted by molar-refractivity contribution is -0.138. The molecule has 1 N–H and O–H groups in total. The van der Waals surface area contributed by atoms with Gasteiger partial charge in [0.05, 0.1) is 0 Å². The molecular weight excluding hydrogens is 264 g/mol. The Bertz CT molecular complexity index is 465. The van der Waals surface area contributed by atoms with E-state index < -0.39 is 12.4 Å². The number of halogens is 2. The van der Waals surface area contributed by atoms with Gasteiger partial charge in [-0.25, -0.2) is 8.78 Å². The SMILES string of the molecule is O=C(O)CC1CCCN(Cc2cccc(C(F)F)c2)C1. The van der Waals surface area contributed by atoms with Crippen molar-refractivity contribution in [2.24, 2.45) is 5.92 Å². The molecule has 0 bridgehead atoms. The molecular formula is C15H19F2NO2. The summed E-state index contributed by atoms with van der Waals surface area (Å²) in [6.07, 6.45) is -0.365. The molecule has 1 saturated heterocycles. The van der Waals surface area contributed by atoms with Gasteiger partial charge in [-0.05, 0) is 36.9 Å². The van der Waals surface area contributed by atoms with Gasteiger partial charge >= 0.3 is 5.97 Å². The first kappa shape index (κ1) is 14.9. The number of likely N-dealkylation sites (tertiary alicyclic amines) is 1. The Hall–Kier alpha value is -1.49. The fourth-order valence-corrected chi connectivity index (χ4v) is 2.79. The number of rotatable bonds is 5. The minimum atomic E-state index is -2.45. The zero-order valence-corrected chi connectivity index (χ0v) is 11.3. The summed E-state index contributed by atoms with van der Waals surface area (Å²) in [6, 6.07) is 6.45. The number of alkyl halides is 2. The first-order valence-corrected chi connectivity index (χ1v) is 6.85. The van der Waals surface area contributed by atoms with Crippen molar-refractivity contribution in [2.75, 3.05) is 13.1 Å². The number of hydrogen-bond acceptors (Lipinski definition) is 2. The van der Waals surface area contributed by atoms with Gasteiger partial charge in [0, 0.05) is 25.1 Å². The van der Waals surface area contributed by atoms with E-state index >= 15 is 0 Å². The monoisotopic (exact) mass is 283 g/mol. The molecule has 1 unspecified atom stereocenters. The van der Waals surface area contributed by atoms with Crippen molar-refractivity contribution in [1.29, 1.82) is 0 Å². The van der Waals surface area contributed by atoms with Gasteiger partial charge in [-0.2, -0.15) is 0 Å². The van der Waals surface area contributed by atoms with Crippen molar-refractivity contribution in [3.05, 3.63) is 35.4 Å². The molecule has 1 fully saturated rings. The predicted octanol–water partition coefficient (Wildman–Crippen LogP) is 3.31. The van der Waals surface area contributed by atoms with Crippen molar-refractivity contribution in [1.82, 2.24) is 4.90 Å². The third-order valence-corrected chi connectivity index (χ3v) is 3.68. The van der Waals surface area contributed by atoms with Crippen LogP contribution >= 0.6 is 0 Å². The molecule has 0 saturated carbocycles. The molecule has 0 aromatic heterocycles. The number of nitrogens with zero attached hydrogens (tertiary/aromatic N) is 1. The van der Waals surface area contributed by atoms with E-state index in [0.29, 0.717) is 6.54 Å². The van der Waals surface area contributed by atoms with E-state index in [1.807, 2.05) is 6.07 Å². The van der Waals surface area contributed by atoms with Crippen LogP contribution in [0.3, 0.4) is 0 Å². The molecule has 0 radical (unpaired) electrons. The maximum Gasteiger partial charge on any atom is 0.303 e. The van der Waals surface area contributed by atoms with Gasteiger partial charge in [0.25, 0.3) is 6.43 Å². The Kier molecular flexibility index (Phi) is 5.06. The van der Waals surface area contributed by atoms with E-state index in [2.05, 4.69) is 4.90 Å². The number of carboxylic acid groups (broad SMARTS) is 1. The standard InChI is InChI=1S/C15H19F2NO2/c16-15(17)13-5-1-3-11(7-13)9-18-6-2-4-12(10-18)8-14(19)20/h1,3,5,7,12,15H,2,4,6,8-10H2,(H,19,20). The van der Waals surface area contributed by atoms with Crippen molar-refractivity contribution in [3.8, 4) is 0 Å². The molecule has 5 heteroatoms. The lowest BCUT2D eigenvalue weighted by Crippen LogP contribution is -2.35. The average molecular weight is 283 g/mol.